The van der Waals surface area contributed by atoms with E-state index >= 15 is 0 Å². The van der Waals surface area contributed by atoms with Gasteiger partial charge in [0, 0.05) is 35.4 Å². The monoisotopic (exact) mass is 502 g/mol. The molecule has 194 valence electrons. The van der Waals surface area contributed by atoms with Gasteiger partial charge < -0.3 is 4.90 Å². The molecule has 2 heterocycles. The number of nitrogens with zero attached hydrogens (tertiary/aromatic N) is 2. The van der Waals surface area contributed by atoms with Crippen LogP contribution in [0.2, 0.25) is 0 Å². The van der Waals surface area contributed by atoms with Crippen molar-refractivity contribution in [2.45, 2.75) is 59.4 Å². The number of Topliss-reactive ketones (excluding diaryl/α,β-unsaturated/α-hetero) is 1. The van der Waals surface area contributed by atoms with Crippen LogP contribution < -0.4 is 0 Å². The van der Waals surface area contributed by atoms with Crippen LogP contribution in [0.5, 0.6) is 0 Å². The number of piperidine rings is 1. The van der Waals surface area contributed by atoms with Gasteiger partial charge in [0.1, 0.15) is 0 Å². The molecule has 0 N–H and O–H groups in total. The predicted octanol–water partition coefficient (Wildman–Crippen LogP) is 6.82. The van der Waals surface area contributed by atoms with E-state index in [4.69, 9.17) is 0 Å². The molecule has 0 aromatic heterocycles. The highest BCUT2D eigenvalue weighted by atomic mass is 16.1. The van der Waals surface area contributed by atoms with Gasteiger partial charge in [0.25, 0.3) is 0 Å². The highest BCUT2D eigenvalue weighted by Gasteiger charge is 2.22. The van der Waals surface area contributed by atoms with Crippen molar-refractivity contribution in [2.75, 3.05) is 13.1 Å². The van der Waals surface area contributed by atoms with Crippen molar-refractivity contribution in [1.82, 2.24) is 4.90 Å². The number of benzene rings is 2. The van der Waals surface area contributed by atoms with E-state index in [9.17, 15) is 4.79 Å². The number of allylic oxidation sites excluding steroid dienone is 5. The van der Waals surface area contributed by atoms with Crippen LogP contribution in [0.4, 0.5) is 0 Å². The van der Waals surface area contributed by atoms with Gasteiger partial charge in [0.2, 0.25) is 0 Å². The summed E-state index contributed by atoms with van der Waals surface area (Å²) in [7, 11) is 0. The molecule has 1 saturated heterocycles. The van der Waals surface area contributed by atoms with E-state index in [1.807, 2.05) is 49.6 Å². The van der Waals surface area contributed by atoms with Crippen molar-refractivity contribution in [3.05, 3.63) is 106 Å². The summed E-state index contributed by atoms with van der Waals surface area (Å²) in [6, 6.07) is 13.1. The molecular weight excluding hydrogens is 464 g/mol. The topological polar surface area (TPSA) is 32.7 Å². The summed E-state index contributed by atoms with van der Waals surface area (Å²) in [4.78, 5) is 20.3. The first kappa shape index (κ1) is 26.1. The number of aliphatic imine (C=N–C) groups is 1. The fourth-order valence-corrected chi connectivity index (χ4v) is 5.69. The molecule has 0 radical (unpaired) electrons. The lowest BCUT2D eigenvalue weighted by molar-refractivity contribution is 0.0993. The Kier molecular flexibility index (Phi) is 7.91. The predicted molar refractivity (Wildman–Crippen MR) is 158 cm³/mol. The van der Waals surface area contributed by atoms with Crippen molar-refractivity contribution in [3.63, 3.8) is 0 Å². The van der Waals surface area contributed by atoms with Crippen LogP contribution in [0.1, 0.15) is 64.9 Å². The molecule has 1 atom stereocenters. The van der Waals surface area contributed by atoms with E-state index in [0.717, 1.165) is 45.9 Å². The average molecular weight is 503 g/mol. The van der Waals surface area contributed by atoms with Gasteiger partial charge in [-0.15, -0.1) is 0 Å². The van der Waals surface area contributed by atoms with Crippen molar-refractivity contribution < 1.29 is 4.79 Å². The number of rotatable bonds is 6. The van der Waals surface area contributed by atoms with Crippen LogP contribution in [-0.2, 0) is 12.8 Å². The quantitative estimate of drug-likeness (QED) is 0.321. The first-order valence-electron chi connectivity index (χ1n) is 14.0. The zero-order chi connectivity index (χ0) is 26.6. The van der Waals surface area contributed by atoms with Crippen LogP contribution in [0.25, 0.3) is 0 Å². The third-order valence-corrected chi connectivity index (χ3v) is 8.25. The zero-order valence-corrected chi connectivity index (χ0v) is 23.1. The highest BCUT2D eigenvalue weighted by molar-refractivity contribution is 6.04. The lowest BCUT2D eigenvalue weighted by Gasteiger charge is -2.34. The summed E-state index contributed by atoms with van der Waals surface area (Å²) in [6.45, 7) is 11.2. The van der Waals surface area contributed by atoms with E-state index < -0.39 is 0 Å². The minimum Gasteiger partial charge on any atom is -0.301 e. The second-order valence-corrected chi connectivity index (χ2v) is 11.3. The molecule has 2 aliphatic heterocycles. The molecule has 0 amide bonds. The fraction of sp³-hybridized carbons (Fsp3) is 0.371. The number of fused-ring (bicyclic) bond motifs is 1. The summed E-state index contributed by atoms with van der Waals surface area (Å²) in [6.07, 6.45) is 14.2. The van der Waals surface area contributed by atoms with Crippen LogP contribution in [0.15, 0.2) is 77.5 Å². The molecule has 3 aliphatic rings. The summed E-state index contributed by atoms with van der Waals surface area (Å²) in [5, 5.41) is 0. The van der Waals surface area contributed by atoms with E-state index in [1.165, 1.54) is 37.1 Å². The Morgan fingerprint density at radius 1 is 1.03 bits per heavy atom. The summed E-state index contributed by atoms with van der Waals surface area (Å²) < 4.78 is 0. The Bertz CT molecular complexity index is 1400. The third-order valence-electron chi connectivity index (χ3n) is 8.25. The summed E-state index contributed by atoms with van der Waals surface area (Å²) in [5.41, 5.74) is 8.54. The fourth-order valence-electron chi connectivity index (χ4n) is 5.69. The number of aryl methyl sites for hydroxylation is 2. The zero-order valence-electron chi connectivity index (χ0n) is 23.1. The number of likely N-dealkylation sites (tertiary alicyclic amines) is 1. The Hall–Kier alpha value is -3.48. The number of hydrogen-bond acceptors (Lipinski definition) is 3. The molecule has 0 spiro atoms. The Balaban J connectivity index is 1.22. The van der Waals surface area contributed by atoms with Gasteiger partial charge in [-0.1, -0.05) is 60.4 Å². The number of hydrogen-bond donors (Lipinski definition) is 0. The molecule has 2 aromatic carbocycles. The molecule has 38 heavy (non-hydrogen) atoms. The number of carbonyl (C=O) groups is 1. The van der Waals surface area contributed by atoms with Crippen molar-refractivity contribution in [1.29, 1.82) is 0 Å². The Morgan fingerprint density at radius 3 is 2.61 bits per heavy atom. The third kappa shape index (κ3) is 5.98. The van der Waals surface area contributed by atoms with Gasteiger partial charge in [0.15, 0.2) is 5.78 Å². The van der Waals surface area contributed by atoms with E-state index in [-0.39, 0.29) is 11.7 Å². The van der Waals surface area contributed by atoms with Crippen molar-refractivity contribution >= 4 is 11.5 Å². The van der Waals surface area contributed by atoms with Crippen LogP contribution in [0, 0.1) is 37.5 Å². The van der Waals surface area contributed by atoms with Gasteiger partial charge in [-0.3, -0.25) is 9.79 Å². The number of carbonyl (C=O) groups excluding carboxylic acids is 1. The maximum Gasteiger partial charge on any atom is 0.167 e. The molecule has 3 nitrogen and oxygen atoms in total. The first-order chi connectivity index (χ1) is 18.4. The standard InChI is InChI=1S/C35H38N2O/c1-24(2)37-17-15-27(16-18-37)20-29-12-10-28(19-26(29)4)21-35(38)31-11-9-25(3)30(22-31)13-14-32-23-36-34-8-6-5-7-33(32)34/h5-12,19,22-24,27,33H,15-18,20-21H2,1-4H3. The summed E-state index contributed by atoms with van der Waals surface area (Å²) in [5.74, 6) is 7.65. The molecular formula is C35H38N2O. The molecule has 3 heteroatoms. The Morgan fingerprint density at radius 2 is 1.84 bits per heavy atom. The normalized spacial score (nSPS) is 19.1. The van der Waals surface area contributed by atoms with Gasteiger partial charge in [-0.25, -0.2) is 0 Å². The highest BCUT2D eigenvalue weighted by Crippen LogP contribution is 2.26. The lowest BCUT2D eigenvalue weighted by atomic mass is 9.87. The summed E-state index contributed by atoms with van der Waals surface area (Å²) >= 11 is 0. The second-order valence-electron chi connectivity index (χ2n) is 11.3. The smallest absolute Gasteiger partial charge is 0.167 e. The maximum atomic E-state index is 13.2. The van der Waals surface area contributed by atoms with E-state index in [0.29, 0.717) is 12.5 Å². The van der Waals surface area contributed by atoms with Crippen LogP contribution >= 0.6 is 0 Å². The Labute approximate surface area is 228 Å². The second kappa shape index (κ2) is 11.5. The molecule has 0 bridgehead atoms. The SMILES string of the molecule is Cc1ccc(C(=O)Cc2ccc(CC3CCN(C(C)C)CC3)c(C)c2)cc1C#CC1=CN=C2C=CC=CC12. The molecule has 1 fully saturated rings. The molecule has 1 unspecified atom stereocenters. The molecule has 1 aliphatic carbocycles. The first-order valence-corrected chi connectivity index (χ1v) is 14.0. The molecule has 5 rings (SSSR count). The van der Waals surface area contributed by atoms with Crippen molar-refractivity contribution in [2.24, 2.45) is 16.8 Å². The van der Waals surface area contributed by atoms with E-state index in [2.05, 4.69) is 66.8 Å². The van der Waals surface area contributed by atoms with Crippen LogP contribution in [-0.4, -0.2) is 35.5 Å². The average Bonchev–Trinajstić information content (AvgIpc) is 3.33. The lowest BCUT2D eigenvalue weighted by Crippen LogP contribution is -2.38. The van der Waals surface area contributed by atoms with Crippen LogP contribution in [0.3, 0.4) is 0 Å². The maximum absolute atomic E-state index is 13.2. The van der Waals surface area contributed by atoms with E-state index in [1.54, 1.807) is 0 Å². The minimum absolute atomic E-state index is 0.132. The largest absolute Gasteiger partial charge is 0.301 e. The minimum atomic E-state index is 0.132. The number of ketones is 1. The molecule has 0 saturated carbocycles. The van der Waals surface area contributed by atoms with Gasteiger partial charge in [-0.2, -0.15) is 0 Å². The van der Waals surface area contributed by atoms with Gasteiger partial charge in [-0.05, 0) is 100 Å². The van der Waals surface area contributed by atoms with Gasteiger partial charge in [0.05, 0.1) is 11.6 Å². The van der Waals surface area contributed by atoms with Crippen molar-refractivity contribution in [3.8, 4) is 11.8 Å². The van der Waals surface area contributed by atoms with Gasteiger partial charge >= 0.3 is 0 Å². The molecule has 2 aromatic rings.